The monoisotopic (exact) mass is 400 g/mol. The molecular weight excluding hydrogens is 380 g/mol. The lowest BCUT2D eigenvalue weighted by Gasteiger charge is -2.12. The molecule has 9 nitrogen and oxygen atoms in total. The molecule has 152 valence electrons. The van der Waals surface area contributed by atoms with E-state index in [0.717, 1.165) is 6.07 Å². The SMILES string of the molecule is CCOc1ccc(C(C)=O)cc1COC(=O)CNC(=O)c1cccc([N+](=O)[O-])c1. The molecule has 2 rings (SSSR count). The van der Waals surface area contributed by atoms with Gasteiger partial charge in [0, 0.05) is 28.8 Å². The average Bonchev–Trinajstić information content (AvgIpc) is 2.71. The van der Waals surface area contributed by atoms with Crippen LogP contribution in [0.5, 0.6) is 5.75 Å². The maximum atomic E-state index is 12.1. The molecule has 9 heteroatoms. The van der Waals surface area contributed by atoms with Crippen molar-refractivity contribution in [2.75, 3.05) is 13.2 Å². The van der Waals surface area contributed by atoms with E-state index < -0.39 is 23.3 Å². The van der Waals surface area contributed by atoms with E-state index in [1.165, 1.54) is 25.1 Å². The van der Waals surface area contributed by atoms with E-state index in [-0.39, 0.29) is 23.6 Å². The molecule has 0 fully saturated rings. The second-order valence-electron chi connectivity index (χ2n) is 5.96. The minimum atomic E-state index is -0.709. The van der Waals surface area contributed by atoms with Gasteiger partial charge in [-0.1, -0.05) is 6.07 Å². The standard InChI is InChI=1S/C20H20N2O7/c1-3-28-18-8-7-14(13(2)23)9-16(18)12-29-19(24)11-21-20(25)15-5-4-6-17(10-15)22(26)27/h4-10H,3,11-12H2,1-2H3,(H,21,25). The number of nitrogens with zero attached hydrogens (tertiary/aromatic N) is 1. The molecule has 0 aliphatic heterocycles. The number of nitrogens with one attached hydrogen (secondary N) is 1. The molecular formula is C20H20N2O7. The molecule has 2 aromatic rings. The van der Waals surface area contributed by atoms with Gasteiger partial charge in [-0.15, -0.1) is 0 Å². The Kier molecular flexibility index (Phi) is 7.41. The lowest BCUT2D eigenvalue weighted by atomic mass is 10.1. The lowest BCUT2D eigenvalue weighted by Crippen LogP contribution is -2.30. The zero-order valence-electron chi connectivity index (χ0n) is 16.0. The van der Waals surface area contributed by atoms with Crippen LogP contribution in [-0.4, -0.2) is 35.7 Å². The maximum absolute atomic E-state index is 12.1. The lowest BCUT2D eigenvalue weighted by molar-refractivity contribution is -0.384. The Balaban J connectivity index is 1.95. The van der Waals surface area contributed by atoms with Crippen molar-refractivity contribution in [3.63, 3.8) is 0 Å². The van der Waals surface area contributed by atoms with Crippen molar-refractivity contribution >= 4 is 23.3 Å². The Morgan fingerprint density at radius 2 is 1.86 bits per heavy atom. The molecule has 0 aromatic heterocycles. The summed E-state index contributed by atoms with van der Waals surface area (Å²) < 4.78 is 10.6. The molecule has 1 amide bonds. The van der Waals surface area contributed by atoms with Gasteiger partial charge < -0.3 is 14.8 Å². The first-order valence-corrected chi connectivity index (χ1v) is 8.76. The number of amides is 1. The van der Waals surface area contributed by atoms with Crippen molar-refractivity contribution in [1.29, 1.82) is 0 Å². The Hall–Kier alpha value is -3.75. The van der Waals surface area contributed by atoms with E-state index in [2.05, 4.69) is 5.32 Å². The number of hydrogen-bond acceptors (Lipinski definition) is 7. The fraction of sp³-hybridized carbons (Fsp3) is 0.250. The van der Waals surface area contributed by atoms with Gasteiger partial charge >= 0.3 is 5.97 Å². The molecule has 0 atom stereocenters. The van der Waals surface area contributed by atoms with Crippen molar-refractivity contribution < 1.29 is 28.8 Å². The third-order valence-electron chi connectivity index (χ3n) is 3.87. The Labute approximate surface area is 166 Å². The van der Waals surface area contributed by atoms with Gasteiger partial charge in [0.25, 0.3) is 11.6 Å². The summed E-state index contributed by atoms with van der Waals surface area (Å²) in [7, 11) is 0. The number of benzene rings is 2. The molecule has 1 N–H and O–H groups in total. The summed E-state index contributed by atoms with van der Waals surface area (Å²) in [6, 6.07) is 9.99. The van der Waals surface area contributed by atoms with Gasteiger partial charge in [0.2, 0.25) is 0 Å². The van der Waals surface area contributed by atoms with E-state index in [0.29, 0.717) is 23.5 Å². The minimum absolute atomic E-state index is 0.0554. The highest BCUT2D eigenvalue weighted by molar-refractivity contribution is 5.96. The van der Waals surface area contributed by atoms with Gasteiger partial charge in [0.15, 0.2) is 5.78 Å². The first kappa shape index (κ1) is 21.5. The van der Waals surface area contributed by atoms with Crippen molar-refractivity contribution in [1.82, 2.24) is 5.32 Å². The summed E-state index contributed by atoms with van der Waals surface area (Å²) in [5, 5.41) is 13.1. The Bertz CT molecular complexity index is 940. The molecule has 0 spiro atoms. The highest BCUT2D eigenvalue weighted by Gasteiger charge is 2.14. The van der Waals surface area contributed by atoms with Gasteiger partial charge in [-0.3, -0.25) is 24.5 Å². The first-order valence-electron chi connectivity index (χ1n) is 8.76. The highest BCUT2D eigenvalue weighted by Crippen LogP contribution is 2.22. The number of nitro benzene ring substituents is 1. The van der Waals surface area contributed by atoms with Crippen molar-refractivity contribution in [2.24, 2.45) is 0 Å². The topological polar surface area (TPSA) is 125 Å². The van der Waals surface area contributed by atoms with Crippen LogP contribution in [0.25, 0.3) is 0 Å². The second-order valence-corrected chi connectivity index (χ2v) is 5.96. The van der Waals surface area contributed by atoms with Crippen LogP contribution in [0, 0.1) is 10.1 Å². The number of hydrogen-bond donors (Lipinski definition) is 1. The summed E-state index contributed by atoms with van der Waals surface area (Å²) >= 11 is 0. The van der Waals surface area contributed by atoms with E-state index in [1.54, 1.807) is 25.1 Å². The predicted octanol–water partition coefficient (Wildman–Crippen LogP) is 2.67. The summed E-state index contributed by atoms with van der Waals surface area (Å²) in [4.78, 5) is 45.7. The number of esters is 1. The molecule has 2 aromatic carbocycles. The minimum Gasteiger partial charge on any atom is -0.493 e. The predicted molar refractivity (Wildman–Crippen MR) is 103 cm³/mol. The van der Waals surface area contributed by atoms with Crippen molar-refractivity contribution in [2.45, 2.75) is 20.5 Å². The number of Topliss-reactive ketones (excluding diaryl/α,β-unsaturated/α-hetero) is 1. The van der Waals surface area contributed by atoms with E-state index in [9.17, 15) is 24.5 Å². The third-order valence-corrected chi connectivity index (χ3v) is 3.87. The quantitative estimate of drug-likeness (QED) is 0.297. The number of rotatable bonds is 9. The smallest absolute Gasteiger partial charge is 0.325 e. The summed E-state index contributed by atoms with van der Waals surface area (Å²) in [6.45, 7) is 3.08. The number of ether oxygens (including phenoxy) is 2. The molecule has 0 saturated heterocycles. The molecule has 29 heavy (non-hydrogen) atoms. The second kappa shape index (κ2) is 9.98. The first-order chi connectivity index (χ1) is 13.8. The number of carbonyl (C=O) groups excluding carboxylic acids is 3. The number of non-ortho nitro benzene ring substituents is 1. The van der Waals surface area contributed by atoms with Crippen molar-refractivity contribution in [3.05, 3.63) is 69.3 Å². The summed E-state index contributed by atoms with van der Waals surface area (Å²) in [6.07, 6.45) is 0. The van der Waals surface area contributed by atoms with Crippen LogP contribution >= 0.6 is 0 Å². The molecule has 0 aliphatic rings. The van der Waals surface area contributed by atoms with Crippen LogP contribution in [0.2, 0.25) is 0 Å². The third kappa shape index (κ3) is 6.13. The fourth-order valence-corrected chi connectivity index (χ4v) is 2.43. The number of ketones is 1. The molecule has 0 saturated carbocycles. The number of nitro groups is 1. The van der Waals surface area contributed by atoms with Crippen molar-refractivity contribution in [3.8, 4) is 5.75 Å². The molecule has 0 bridgehead atoms. The van der Waals surface area contributed by atoms with Crippen LogP contribution in [0.4, 0.5) is 5.69 Å². The normalized spacial score (nSPS) is 10.1. The van der Waals surface area contributed by atoms with Gasteiger partial charge in [0.05, 0.1) is 11.5 Å². The van der Waals surface area contributed by atoms with E-state index >= 15 is 0 Å². The number of carbonyl (C=O) groups is 3. The average molecular weight is 400 g/mol. The van der Waals surface area contributed by atoms with Crippen LogP contribution < -0.4 is 10.1 Å². The Morgan fingerprint density at radius 1 is 1.10 bits per heavy atom. The van der Waals surface area contributed by atoms with Crippen LogP contribution in [-0.2, 0) is 16.1 Å². The molecule has 0 radical (unpaired) electrons. The Morgan fingerprint density at radius 3 is 2.52 bits per heavy atom. The molecule has 0 aliphatic carbocycles. The van der Waals surface area contributed by atoms with Gasteiger partial charge in [-0.2, -0.15) is 0 Å². The zero-order valence-corrected chi connectivity index (χ0v) is 16.0. The summed E-state index contributed by atoms with van der Waals surface area (Å²) in [5.41, 5.74) is 0.810. The van der Waals surface area contributed by atoms with Crippen LogP contribution in [0.15, 0.2) is 42.5 Å². The van der Waals surface area contributed by atoms with Crippen LogP contribution in [0.3, 0.4) is 0 Å². The fourth-order valence-electron chi connectivity index (χ4n) is 2.43. The van der Waals surface area contributed by atoms with Gasteiger partial charge in [0.1, 0.15) is 18.9 Å². The van der Waals surface area contributed by atoms with Gasteiger partial charge in [-0.25, -0.2) is 0 Å². The van der Waals surface area contributed by atoms with E-state index in [4.69, 9.17) is 9.47 Å². The molecule has 0 heterocycles. The molecule has 0 unspecified atom stereocenters. The largest absolute Gasteiger partial charge is 0.493 e. The summed E-state index contributed by atoms with van der Waals surface area (Å²) in [5.74, 6) is -0.991. The van der Waals surface area contributed by atoms with Gasteiger partial charge in [-0.05, 0) is 38.1 Å². The van der Waals surface area contributed by atoms with Crippen LogP contribution in [0.1, 0.15) is 40.1 Å². The van der Waals surface area contributed by atoms with E-state index in [1.807, 2.05) is 0 Å². The maximum Gasteiger partial charge on any atom is 0.325 e. The zero-order chi connectivity index (χ0) is 21.4. The highest BCUT2D eigenvalue weighted by atomic mass is 16.6.